The number of hydrogen-bond acceptors (Lipinski definition) is 8. The molecule has 2 heterocycles. The lowest BCUT2D eigenvalue weighted by atomic mass is 9.95. The lowest BCUT2D eigenvalue weighted by Gasteiger charge is -2.33. The Balaban J connectivity index is 1.52. The van der Waals surface area contributed by atoms with E-state index in [4.69, 9.17) is 14.2 Å². The molecule has 41 heavy (non-hydrogen) atoms. The molecule has 5 atom stereocenters. The Hall–Kier alpha value is -3.03. The summed E-state index contributed by atoms with van der Waals surface area (Å²) in [6, 6.07) is 13.3. The molecule has 224 valence electrons. The third-order valence-corrected chi connectivity index (χ3v) is 9.11. The van der Waals surface area contributed by atoms with Crippen molar-refractivity contribution in [2.75, 3.05) is 26.3 Å². The minimum Gasteiger partial charge on any atom is -0.478 e. The molecule has 2 aliphatic rings. The number of benzene rings is 2. The summed E-state index contributed by atoms with van der Waals surface area (Å²) in [6.45, 7) is 4.46. The Bertz CT molecular complexity index is 1270. The number of aliphatic hydroxyl groups excluding tert-OH is 1. The Kier molecular flexibility index (Phi) is 10.4. The fourth-order valence-electron chi connectivity index (χ4n) is 5.18. The number of fused-ring (bicyclic) bond motifs is 1. The van der Waals surface area contributed by atoms with E-state index in [-0.39, 0.29) is 41.8 Å². The summed E-state index contributed by atoms with van der Waals surface area (Å²) in [5, 5.41) is 23.4. The summed E-state index contributed by atoms with van der Waals surface area (Å²) in [7, 11) is -4.09. The lowest BCUT2D eigenvalue weighted by molar-refractivity contribution is -0.179. The van der Waals surface area contributed by atoms with Gasteiger partial charge in [0.2, 0.25) is 10.0 Å². The van der Waals surface area contributed by atoms with Crippen molar-refractivity contribution in [1.82, 2.24) is 9.62 Å². The molecule has 3 N–H and O–H groups in total. The largest absolute Gasteiger partial charge is 0.478 e. The molecule has 2 aromatic carbocycles. The summed E-state index contributed by atoms with van der Waals surface area (Å²) in [5.74, 6) is -1.30. The van der Waals surface area contributed by atoms with Crippen molar-refractivity contribution in [1.29, 1.82) is 0 Å². The zero-order valence-electron chi connectivity index (χ0n) is 23.2. The molecule has 2 aromatic rings. The predicted octanol–water partition coefficient (Wildman–Crippen LogP) is 2.88. The monoisotopic (exact) mass is 590 g/mol. The predicted molar refractivity (Wildman–Crippen MR) is 149 cm³/mol. The first-order valence-corrected chi connectivity index (χ1v) is 15.2. The molecule has 0 spiro atoms. The van der Waals surface area contributed by atoms with Gasteiger partial charge in [-0.3, -0.25) is 0 Å². The van der Waals surface area contributed by atoms with Gasteiger partial charge in [-0.05, 0) is 48.6 Å². The molecule has 0 bridgehead atoms. The molecule has 11 nitrogen and oxygen atoms in total. The number of carboxylic acids is 1. The normalized spacial score (nSPS) is 22.2. The molecule has 2 aliphatic heterocycles. The molecule has 0 aromatic heterocycles. The van der Waals surface area contributed by atoms with Gasteiger partial charge in [0, 0.05) is 25.4 Å². The van der Waals surface area contributed by atoms with Crippen LogP contribution in [0.15, 0.2) is 59.5 Å². The first kappa shape index (κ1) is 30.9. The number of aliphatic hydroxyl groups is 1. The van der Waals surface area contributed by atoms with Crippen LogP contribution in [0.1, 0.15) is 42.6 Å². The van der Waals surface area contributed by atoms with Crippen molar-refractivity contribution < 1.29 is 42.4 Å². The van der Waals surface area contributed by atoms with Gasteiger partial charge in [0.15, 0.2) is 6.29 Å². The number of aromatic carboxylic acids is 1. The van der Waals surface area contributed by atoms with Crippen LogP contribution in [0.3, 0.4) is 0 Å². The number of sulfonamides is 1. The lowest BCUT2D eigenvalue weighted by Crippen LogP contribution is -2.52. The maximum atomic E-state index is 13.6. The van der Waals surface area contributed by atoms with Gasteiger partial charge in [-0.15, -0.1) is 0 Å². The van der Waals surface area contributed by atoms with Gasteiger partial charge in [-0.2, -0.15) is 4.31 Å². The Morgan fingerprint density at radius 3 is 2.32 bits per heavy atom. The topological polar surface area (TPSA) is 152 Å². The highest BCUT2D eigenvalue weighted by Gasteiger charge is 2.41. The maximum Gasteiger partial charge on any atom is 0.407 e. The summed E-state index contributed by atoms with van der Waals surface area (Å²) in [4.78, 5) is 24.2. The molecular formula is C29H38N2O9S. The first-order chi connectivity index (χ1) is 19.5. The molecule has 0 radical (unpaired) electrons. The SMILES string of the molecule is CC(C)CN(C[C@@H](O)[C@H](Cc1ccccc1)NC(=O)O[C@H]1CCO[C@H]2OCC[C@H]21)S(=O)(=O)c1ccc(C(=O)O)cc1. The quantitative estimate of drug-likeness (QED) is 0.339. The third-order valence-electron chi connectivity index (χ3n) is 7.27. The van der Waals surface area contributed by atoms with Crippen LogP contribution in [0.5, 0.6) is 0 Å². The molecule has 4 rings (SSSR count). The second-order valence-corrected chi connectivity index (χ2v) is 12.8. The van der Waals surface area contributed by atoms with Gasteiger partial charge in [-0.25, -0.2) is 18.0 Å². The Morgan fingerprint density at radius 2 is 1.68 bits per heavy atom. The fourth-order valence-corrected chi connectivity index (χ4v) is 6.80. The Morgan fingerprint density at radius 1 is 1.02 bits per heavy atom. The minimum absolute atomic E-state index is 0.0370. The molecule has 0 unspecified atom stereocenters. The van der Waals surface area contributed by atoms with Gasteiger partial charge >= 0.3 is 12.1 Å². The number of alkyl carbamates (subject to hydrolysis) is 1. The van der Waals surface area contributed by atoms with Crippen LogP contribution >= 0.6 is 0 Å². The van der Waals surface area contributed by atoms with Crippen LogP contribution in [0.4, 0.5) is 4.79 Å². The van der Waals surface area contributed by atoms with Crippen molar-refractivity contribution in [2.45, 2.75) is 62.5 Å². The number of ether oxygens (including phenoxy) is 3. The summed E-state index contributed by atoms with van der Waals surface area (Å²) in [5.41, 5.74) is 0.805. The van der Waals surface area contributed by atoms with E-state index in [1.807, 2.05) is 44.2 Å². The number of nitrogens with zero attached hydrogens (tertiary/aromatic N) is 1. The molecule has 0 aliphatic carbocycles. The van der Waals surface area contributed by atoms with Crippen molar-refractivity contribution >= 4 is 22.1 Å². The zero-order valence-corrected chi connectivity index (χ0v) is 24.0. The highest BCUT2D eigenvalue weighted by Crippen LogP contribution is 2.32. The van der Waals surface area contributed by atoms with Gasteiger partial charge in [0.25, 0.3) is 0 Å². The van der Waals surface area contributed by atoms with E-state index in [0.717, 1.165) is 5.56 Å². The average molecular weight is 591 g/mol. The number of amides is 1. The maximum absolute atomic E-state index is 13.6. The number of hydrogen-bond donors (Lipinski definition) is 3. The Labute approximate surface area is 240 Å². The standard InChI is InChI=1S/C29H38N2O9S/c1-19(2)17-31(41(36,37)22-10-8-21(9-11-22)27(33)34)18-25(32)24(16-20-6-4-3-5-7-20)30-29(35)40-26-13-15-39-28-23(26)12-14-38-28/h3-11,19,23-26,28,32H,12-18H2,1-2H3,(H,30,35)(H,33,34)/t23-,24-,25+,26-,28+/m0/s1. The number of nitrogens with one attached hydrogen (secondary N) is 1. The van der Waals surface area contributed by atoms with Gasteiger partial charge in [-0.1, -0.05) is 44.2 Å². The van der Waals surface area contributed by atoms with Crippen molar-refractivity contribution in [3.05, 3.63) is 65.7 Å². The molecular weight excluding hydrogens is 552 g/mol. The van der Waals surface area contributed by atoms with Gasteiger partial charge in [0.1, 0.15) is 6.10 Å². The van der Waals surface area contributed by atoms with E-state index in [2.05, 4.69) is 5.32 Å². The summed E-state index contributed by atoms with van der Waals surface area (Å²) < 4.78 is 45.3. The molecule has 1 amide bonds. The zero-order chi connectivity index (χ0) is 29.6. The second kappa shape index (κ2) is 13.8. The highest BCUT2D eigenvalue weighted by molar-refractivity contribution is 7.89. The molecule has 12 heteroatoms. The van der Waals surface area contributed by atoms with Crippen LogP contribution in [-0.4, -0.2) is 85.8 Å². The number of rotatable bonds is 12. The number of carboxylic acid groups (broad SMARTS) is 1. The molecule has 0 saturated carbocycles. The highest BCUT2D eigenvalue weighted by atomic mass is 32.2. The van der Waals surface area contributed by atoms with Crippen LogP contribution in [0, 0.1) is 11.8 Å². The fraction of sp³-hybridized carbons (Fsp3) is 0.517. The van der Waals surface area contributed by atoms with Crippen molar-refractivity contribution in [3.8, 4) is 0 Å². The third kappa shape index (κ3) is 8.04. The van der Waals surface area contributed by atoms with Crippen molar-refractivity contribution in [3.63, 3.8) is 0 Å². The average Bonchev–Trinajstić information content (AvgIpc) is 3.43. The van der Waals surface area contributed by atoms with E-state index in [1.54, 1.807) is 0 Å². The van der Waals surface area contributed by atoms with Crippen molar-refractivity contribution in [2.24, 2.45) is 11.8 Å². The smallest absolute Gasteiger partial charge is 0.407 e. The summed E-state index contributed by atoms with van der Waals surface area (Å²) >= 11 is 0. The van der Waals surface area contributed by atoms with Crippen LogP contribution < -0.4 is 5.32 Å². The van der Waals surface area contributed by atoms with Gasteiger partial charge < -0.3 is 29.7 Å². The second-order valence-electron chi connectivity index (χ2n) is 10.8. The van der Waals surface area contributed by atoms with E-state index in [0.29, 0.717) is 26.1 Å². The first-order valence-electron chi connectivity index (χ1n) is 13.8. The minimum atomic E-state index is -4.09. The van der Waals surface area contributed by atoms with E-state index in [1.165, 1.54) is 28.6 Å². The molecule has 2 saturated heterocycles. The number of carbonyl (C=O) groups excluding carboxylic acids is 1. The summed E-state index contributed by atoms with van der Waals surface area (Å²) in [6.07, 6.45) is -1.29. The number of carbonyl (C=O) groups is 2. The van der Waals surface area contributed by atoms with Crippen LogP contribution in [0.25, 0.3) is 0 Å². The van der Waals surface area contributed by atoms with E-state index < -0.39 is 46.6 Å². The van der Waals surface area contributed by atoms with Crippen LogP contribution in [0.2, 0.25) is 0 Å². The molecule has 2 fully saturated rings. The van der Waals surface area contributed by atoms with E-state index in [9.17, 15) is 28.2 Å². The van der Waals surface area contributed by atoms with Crippen LogP contribution in [-0.2, 0) is 30.7 Å². The van der Waals surface area contributed by atoms with E-state index >= 15 is 0 Å². The van der Waals surface area contributed by atoms with Gasteiger partial charge in [0.05, 0.1) is 35.8 Å².